The molecule has 0 bridgehead atoms. The molecular weight excluding hydrogens is 226 g/mol. The minimum Gasteiger partial charge on any atom is -0.383 e. The summed E-state index contributed by atoms with van der Waals surface area (Å²) in [5.41, 5.74) is 6.85. The Kier molecular flexibility index (Phi) is 3.39. The summed E-state index contributed by atoms with van der Waals surface area (Å²) in [5, 5.41) is 0. The number of Topliss-reactive ketones (excluding diaryl/α,β-unsaturated/α-hetero) is 1. The monoisotopic (exact) mass is 247 g/mol. The fourth-order valence-electron chi connectivity index (χ4n) is 2.51. The Hall–Kier alpha value is -1.42. The van der Waals surface area contributed by atoms with Gasteiger partial charge in [-0.2, -0.15) is 0 Å². The number of nitrogen functional groups attached to an aromatic ring is 1. The first-order valence-corrected chi connectivity index (χ1v) is 6.45. The Labute approximate surface area is 108 Å². The van der Waals surface area contributed by atoms with Crippen molar-refractivity contribution in [2.75, 3.05) is 18.8 Å². The molecule has 1 aromatic rings. The topological polar surface area (TPSA) is 59.2 Å². The van der Waals surface area contributed by atoms with Crippen molar-refractivity contribution in [2.24, 2.45) is 0 Å². The second-order valence-electron chi connectivity index (χ2n) is 5.53. The molecule has 18 heavy (non-hydrogen) atoms. The number of anilines is 1. The Morgan fingerprint density at radius 1 is 1.39 bits per heavy atom. The number of rotatable bonds is 3. The first kappa shape index (κ1) is 13.0. The van der Waals surface area contributed by atoms with Gasteiger partial charge in [-0.05, 0) is 58.3 Å². The second kappa shape index (κ2) is 4.69. The Bertz CT molecular complexity index is 462. The number of carbonyl (C=O) groups excluding carboxylic acids is 1. The zero-order valence-electron chi connectivity index (χ0n) is 11.4. The molecule has 1 fully saturated rings. The van der Waals surface area contributed by atoms with Crippen molar-refractivity contribution < 1.29 is 4.79 Å². The number of nitrogens with two attached hydrogens (primary N) is 1. The van der Waals surface area contributed by atoms with Gasteiger partial charge in [0, 0.05) is 6.20 Å². The summed E-state index contributed by atoms with van der Waals surface area (Å²) in [7, 11) is 0. The van der Waals surface area contributed by atoms with Crippen molar-refractivity contribution in [3.05, 3.63) is 23.4 Å². The highest BCUT2D eigenvalue weighted by Crippen LogP contribution is 2.26. The molecule has 0 saturated carbocycles. The predicted molar refractivity (Wildman–Crippen MR) is 72.6 cm³/mol. The van der Waals surface area contributed by atoms with Gasteiger partial charge in [0.15, 0.2) is 5.78 Å². The van der Waals surface area contributed by atoms with Gasteiger partial charge in [0.1, 0.15) is 5.82 Å². The average molecular weight is 247 g/mol. The highest BCUT2D eigenvalue weighted by molar-refractivity contribution is 6.06. The van der Waals surface area contributed by atoms with Gasteiger partial charge in [-0.3, -0.25) is 9.69 Å². The van der Waals surface area contributed by atoms with Crippen molar-refractivity contribution >= 4 is 11.6 Å². The zero-order chi connectivity index (χ0) is 13.3. The lowest BCUT2D eigenvalue weighted by atomic mass is 9.91. The van der Waals surface area contributed by atoms with E-state index in [1.807, 2.05) is 26.8 Å². The molecule has 0 atom stereocenters. The number of likely N-dealkylation sites (tertiary alicyclic amines) is 1. The van der Waals surface area contributed by atoms with Gasteiger partial charge >= 0.3 is 0 Å². The number of aromatic nitrogens is 1. The van der Waals surface area contributed by atoms with Gasteiger partial charge in [-0.15, -0.1) is 0 Å². The third-order valence-electron chi connectivity index (χ3n) is 3.75. The largest absolute Gasteiger partial charge is 0.383 e. The SMILES string of the molecule is Cc1cnc(N)c(C(=O)C(C)(C)N2CCCC2)c1. The molecule has 1 aliphatic heterocycles. The summed E-state index contributed by atoms with van der Waals surface area (Å²) in [6.07, 6.45) is 4.02. The van der Waals surface area contributed by atoms with Gasteiger partial charge in [-0.1, -0.05) is 0 Å². The van der Waals surface area contributed by atoms with E-state index in [2.05, 4.69) is 9.88 Å². The van der Waals surface area contributed by atoms with Crippen LogP contribution >= 0.6 is 0 Å². The number of hydrogen-bond donors (Lipinski definition) is 1. The van der Waals surface area contributed by atoms with Crippen LogP contribution in [-0.4, -0.2) is 34.3 Å². The zero-order valence-corrected chi connectivity index (χ0v) is 11.4. The quantitative estimate of drug-likeness (QED) is 0.830. The number of hydrogen-bond acceptors (Lipinski definition) is 4. The summed E-state index contributed by atoms with van der Waals surface area (Å²) < 4.78 is 0. The predicted octanol–water partition coefficient (Wildman–Crippen LogP) is 2.03. The molecule has 0 unspecified atom stereocenters. The highest BCUT2D eigenvalue weighted by atomic mass is 16.1. The van der Waals surface area contributed by atoms with Gasteiger partial charge in [0.2, 0.25) is 0 Å². The molecule has 2 heterocycles. The first-order valence-electron chi connectivity index (χ1n) is 6.45. The van der Waals surface area contributed by atoms with Crippen molar-refractivity contribution in [3.63, 3.8) is 0 Å². The number of ketones is 1. The number of aryl methyl sites for hydroxylation is 1. The molecule has 1 aromatic heterocycles. The van der Waals surface area contributed by atoms with Gasteiger partial charge < -0.3 is 5.73 Å². The fraction of sp³-hybridized carbons (Fsp3) is 0.571. The van der Waals surface area contributed by atoms with Gasteiger partial charge in [0.05, 0.1) is 11.1 Å². The lowest BCUT2D eigenvalue weighted by molar-refractivity contribution is 0.0703. The van der Waals surface area contributed by atoms with E-state index in [9.17, 15) is 4.79 Å². The Morgan fingerprint density at radius 2 is 2.00 bits per heavy atom. The molecule has 0 spiro atoms. The van der Waals surface area contributed by atoms with E-state index < -0.39 is 5.54 Å². The summed E-state index contributed by atoms with van der Waals surface area (Å²) in [6, 6.07) is 1.84. The molecule has 0 aliphatic carbocycles. The van der Waals surface area contributed by atoms with Crippen LogP contribution in [0.1, 0.15) is 42.6 Å². The van der Waals surface area contributed by atoms with E-state index in [0.29, 0.717) is 11.4 Å². The van der Waals surface area contributed by atoms with Crippen molar-refractivity contribution in [1.29, 1.82) is 0 Å². The van der Waals surface area contributed by atoms with Crippen molar-refractivity contribution in [1.82, 2.24) is 9.88 Å². The van der Waals surface area contributed by atoms with Crippen LogP contribution < -0.4 is 5.73 Å². The Balaban J connectivity index is 2.32. The van der Waals surface area contributed by atoms with E-state index in [-0.39, 0.29) is 5.78 Å². The van der Waals surface area contributed by atoms with Crippen LogP contribution in [-0.2, 0) is 0 Å². The molecule has 2 N–H and O–H groups in total. The summed E-state index contributed by atoms with van der Waals surface area (Å²) in [6.45, 7) is 7.84. The second-order valence-corrected chi connectivity index (χ2v) is 5.53. The average Bonchev–Trinajstić information content (AvgIpc) is 2.85. The van der Waals surface area contributed by atoms with Crippen LogP contribution in [0.5, 0.6) is 0 Å². The van der Waals surface area contributed by atoms with Gasteiger partial charge in [0.25, 0.3) is 0 Å². The number of pyridine rings is 1. The maximum absolute atomic E-state index is 12.7. The lowest BCUT2D eigenvalue weighted by Crippen LogP contribution is -2.48. The summed E-state index contributed by atoms with van der Waals surface area (Å²) >= 11 is 0. The normalized spacial score (nSPS) is 17.1. The molecule has 0 radical (unpaired) electrons. The van der Waals surface area contributed by atoms with E-state index in [0.717, 1.165) is 31.5 Å². The van der Waals surface area contributed by atoms with Gasteiger partial charge in [-0.25, -0.2) is 4.98 Å². The van der Waals surface area contributed by atoms with Crippen LogP contribution in [0.15, 0.2) is 12.3 Å². The minimum absolute atomic E-state index is 0.0677. The first-order chi connectivity index (χ1) is 8.43. The molecule has 1 saturated heterocycles. The van der Waals surface area contributed by atoms with E-state index in [1.165, 1.54) is 0 Å². The molecule has 2 rings (SSSR count). The van der Waals surface area contributed by atoms with Crippen LogP contribution in [0, 0.1) is 6.92 Å². The van der Waals surface area contributed by atoms with E-state index in [4.69, 9.17) is 5.73 Å². The van der Waals surface area contributed by atoms with Crippen LogP contribution in [0.3, 0.4) is 0 Å². The third kappa shape index (κ3) is 2.25. The molecule has 4 nitrogen and oxygen atoms in total. The number of nitrogens with zero attached hydrogens (tertiary/aromatic N) is 2. The van der Waals surface area contributed by atoms with Crippen molar-refractivity contribution in [3.8, 4) is 0 Å². The van der Waals surface area contributed by atoms with E-state index >= 15 is 0 Å². The molecule has 0 aromatic carbocycles. The molecule has 98 valence electrons. The Morgan fingerprint density at radius 3 is 2.61 bits per heavy atom. The third-order valence-corrected chi connectivity index (χ3v) is 3.75. The summed E-state index contributed by atoms with van der Waals surface area (Å²) in [4.78, 5) is 19.0. The van der Waals surface area contributed by atoms with Crippen molar-refractivity contribution in [2.45, 2.75) is 39.2 Å². The summed E-state index contributed by atoms with van der Waals surface area (Å²) in [5.74, 6) is 0.399. The number of carbonyl (C=O) groups is 1. The smallest absolute Gasteiger partial charge is 0.186 e. The molecule has 0 amide bonds. The lowest BCUT2D eigenvalue weighted by Gasteiger charge is -2.34. The molecular formula is C14H21N3O. The van der Waals surface area contributed by atoms with Crippen LogP contribution in [0.25, 0.3) is 0 Å². The van der Waals surface area contributed by atoms with Crippen LogP contribution in [0.4, 0.5) is 5.82 Å². The maximum Gasteiger partial charge on any atom is 0.186 e. The highest BCUT2D eigenvalue weighted by Gasteiger charge is 2.37. The minimum atomic E-state index is -0.500. The van der Waals surface area contributed by atoms with E-state index in [1.54, 1.807) is 6.20 Å². The van der Waals surface area contributed by atoms with Crippen LogP contribution in [0.2, 0.25) is 0 Å². The molecule has 4 heteroatoms. The molecule has 1 aliphatic rings. The maximum atomic E-state index is 12.7. The fourth-order valence-corrected chi connectivity index (χ4v) is 2.51. The standard InChI is InChI=1S/C14H21N3O/c1-10-8-11(13(15)16-9-10)12(18)14(2,3)17-6-4-5-7-17/h8-9H,4-7H2,1-3H3,(H2,15,16).